The van der Waals surface area contributed by atoms with Crippen LogP contribution in [0.3, 0.4) is 0 Å². The van der Waals surface area contributed by atoms with Crippen LogP contribution in [0.4, 0.5) is 5.13 Å². The fourth-order valence-electron chi connectivity index (χ4n) is 1.93. The van der Waals surface area contributed by atoms with E-state index in [4.69, 9.17) is 10.5 Å². The van der Waals surface area contributed by atoms with Gasteiger partial charge in [-0.25, -0.2) is 4.98 Å². The van der Waals surface area contributed by atoms with Gasteiger partial charge in [-0.05, 0) is 19.3 Å². The highest BCUT2D eigenvalue weighted by molar-refractivity contribution is 7.15. The van der Waals surface area contributed by atoms with E-state index in [-0.39, 0.29) is 6.04 Å². The summed E-state index contributed by atoms with van der Waals surface area (Å²) in [5.41, 5.74) is 7.30. The molecule has 0 radical (unpaired) electrons. The maximum absolute atomic E-state index is 6.09. The van der Waals surface area contributed by atoms with Crippen LogP contribution in [0.5, 0.6) is 0 Å². The molecule has 1 atom stereocenters. The van der Waals surface area contributed by atoms with Crippen molar-refractivity contribution >= 4 is 16.5 Å². The molecule has 1 aliphatic rings. The number of anilines is 1. The lowest BCUT2D eigenvalue weighted by Crippen LogP contribution is -2.21. The molecule has 2 rings (SSSR count). The lowest BCUT2D eigenvalue weighted by atomic mass is 9.99. The largest absolute Gasteiger partial charge is 0.383 e. The third-order valence-corrected chi connectivity index (χ3v) is 4.28. The van der Waals surface area contributed by atoms with Crippen LogP contribution in [0.15, 0.2) is 0 Å². The van der Waals surface area contributed by atoms with Crippen LogP contribution < -0.4 is 10.6 Å². The number of thiazole rings is 1. The third-order valence-electron chi connectivity index (χ3n) is 2.94. The molecule has 0 aromatic carbocycles. The first-order chi connectivity index (χ1) is 7.72. The van der Waals surface area contributed by atoms with Crippen LogP contribution in [0.1, 0.15) is 29.5 Å². The number of nitrogens with zero attached hydrogens (tertiary/aromatic N) is 2. The Bertz CT molecular complexity index is 353. The Morgan fingerprint density at radius 1 is 1.62 bits per heavy atom. The average molecular weight is 241 g/mol. The van der Waals surface area contributed by atoms with Crippen molar-refractivity contribution < 1.29 is 4.74 Å². The number of likely N-dealkylation sites (N-methyl/N-ethyl adjacent to an activating group) is 1. The highest BCUT2D eigenvalue weighted by Gasteiger charge is 2.22. The van der Waals surface area contributed by atoms with E-state index in [9.17, 15) is 0 Å². The number of hydrogen-bond acceptors (Lipinski definition) is 5. The van der Waals surface area contributed by atoms with Crippen molar-refractivity contribution in [3.8, 4) is 0 Å². The van der Waals surface area contributed by atoms with E-state index in [1.807, 2.05) is 0 Å². The summed E-state index contributed by atoms with van der Waals surface area (Å²) < 4.78 is 5.07. The molecule has 4 nitrogen and oxygen atoms in total. The first-order valence-corrected chi connectivity index (χ1v) is 6.49. The molecule has 0 saturated carbocycles. The predicted octanol–water partition coefficient (Wildman–Crippen LogP) is 1.56. The number of fused-ring (bicyclic) bond motifs is 1. The molecule has 16 heavy (non-hydrogen) atoms. The second-order valence-electron chi connectivity index (χ2n) is 4.22. The summed E-state index contributed by atoms with van der Waals surface area (Å²) in [7, 11) is 3.77. The number of hydrogen-bond donors (Lipinski definition) is 1. The molecule has 1 aliphatic carbocycles. The maximum Gasteiger partial charge on any atom is 0.185 e. The lowest BCUT2D eigenvalue weighted by molar-refractivity contribution is 0.206. The van der Waals surface area contributed by atoms with Crippen LogP contribution >= 0.6 is 11.3 Å². The number of aryl methyl sites for hydroxylation is 1. The van der Waals surface area contributed by atoms with Gasteiger partial charge in [0.25, 0.3) is 0 Å². The van der Waals surface area contributed by atoms with Crippen molar-refractivity contribution in [1.29, 1.82) is 0 Å². The van der Waals surface area contributed by atoms with E-state index in [0.717, 1.165) is 31.1 Å². The number of aromatic nitrogens is 1. The Balaban J connectivity index is 2.11. The third kappa shape index (κ3) is 2.36. The lowest BCUT2D eigenvalue weighted by Gasteiger charge is -2.15. The highest BCUT2D eigenvalue weighted by Crippen LogP contribution is 2.35. The van der Waals surface area contributed by atoms with Gasteiger partial charge in [0.15, 0.2) is 5.13 Å². The van der Waals surface area contributed by atoms with Crippen LogP contribution in [-0.4, -0.2) is 32.3 Å². The van der Waals surface area contributed by atoms with Crippen molar-refractivity contribution in [2.24, 2.45) is 5.73 Å². The summed E-state index contributed by atoms with van der Waals surface area (Å²) in [5.74, 6) is 0. The molecule has 2 N–H and O–H groups in total. The van der Waals surface area contributed by atoms with Crippen LogP contribution in [0, 0.1) is 0 Å². The molecule has 1 aromatic heterocycles. The molecule has 1 aromatic rings. The normalized spacial score (nSPS) is 19.6. The summed E-state index contributed by atoms with van der Waals surface area (Å²) in [6.45, 7) is 1.60. The van der Waals surface area contributed by atoms with Gasteiger partial charge < -0.3 is 15.4 Å². The Morgan fingerprint density at radius 3 is 3.12 bits per heavy atom. The monoisotopic (exact) mass is 241 g/mol. The van der Waals surface area contributed by atoms with Crippen molar-refractivity contribution in [3.05, 3.63) is 10.6 Å². The molecule has 1 unspecified atom stereocenters. The number of methoxy groups -OCH3 is 1. The van der Waals surface area contributed by atoms with Gasteiger partial charge in [0.05, 0.1) is 12.3 Å². The van der Waals surface area contributed by atoms with E-state index in [0.29, 0.717) is 0 Å². The highest BCUT2D eigenvalue weighted by atomic mass is 32.1. The maximum atomic E-state index is 6.09. The molecular weight excluding hydrogens is 222 g/mol. The van der Waals surface area contributed by atoms with Crippen molar-refractivity contribution in [2.45, 2.75) is 25.3 Å². The van der Waals surface area contributed by atoms with Crippen LogP contribution in [0.2, 0.25) is 0 Å². The molecule has 1 heterocycles. The predicted molar refractivity (Wildman–Crippen MR) is 67.1 cm³/mol. The number of rotatable bonds is 4. The van der Waals surface area contributed by atoms with Gasteiger partial charge in [0, 0.05) is 31.6 Å². The van der Waals surface area contributed by atoms with E-state index < -0.39 is 0 Å². The fourth-order valence-corrected chi connectivity index (χ4v) is 3.06. The van der Waals surface area contributed by atoms with Gasteiger partial charge in [0.1, 0.15) is 0 Å². The smallest absolute Gasteiger partial charge is 0.185 e. The van der Waals surface area contributed by atoms with Gasteiger partial charge in [-0.1, -0.05) is 0 Å². The average Bonchev–Trinajstić information content (AvgIpc) is 2.71. The summed E-state index contributed by atoms with van der Waals surface area (Å²) in [6.07, 6.45) is 3.34. The van der Waals surface area contributed by atoms with E-state index in [1.54, 1.807) is 18.4 Å². The topological polar surface area (TPSA) is 51.4 Å². The van der Waals surface area contributed by atoms with Crippen LogP contribution in [-0.2, 0) is 11.2 Å². The van der Waals surface area contributed by atoms with Crippen molar-refractivity contribution in [2.75, 3.05) is 32.2 Å². The first-order valence-electron chi connectivity index (χ1n) is 5.67. The number of ether oxygens (including phenoxy) is 1. The van der Waals surface area contributed by atoms with Gasteiger partial charge in [0.2, 0.25) is 0 Å². The summed E-state index contributed by atoms with van der Waals surface area (Å²) >= 11 is 1.74. The minimum atomic E-state index is 0.200. The van der Waals surface area contributed by atoms with E-state index in [1.165, 1.54) is 17.0 Å². The van der Waals surface area contributed by atoms with Gasteiger partial charge in [-0.2, -0.15) is 0 Å². The minimum absolute atomic E-state index is 0.200. The van der Waals surface area contributed by atoms with Crippen molar-refractivity contribution in [1.82, 2.24) is 4.98 Å². The standard InChI is InChI=1S/C11H19N3OS/c1-14(6-7-15-2)11-13-9-5-3-4-8(12)10(9)16-11/h8H,3-7,12H2,1-2H3. The Morgan fingerprint density at radius 2 is 2.44 bits per heavy atom. The molecule has 0 bridgehead atoms. The zero-order valence-corrected chi connectivity index (χ0v) is 10.7. The molecule has 5 heteroatoms. The quantitative estimate of drug-likeness (QED) is 0.869. The SMILES string of the molecule is COCCN(C)c1nc2c(s1)C(N)CCC2. The summed E-state index contributed by atoms with van der Waals surface area (Å²) in [4.78, 5) is 8.08. The zero-order chi connectivity index (χ0) is 11.5. The van der Waals surface area contributed by atoms with Crippen molar-refractivity contribution in [3.63, 3.8) is 0 Å². The Labute approximate surface area is 100 Å². The van der Waals surface area contributed by atoms with Crippen LogP contribution in [0.25, 0.3) is 0 Å². The Hall–Kier alpha value is -0.650. The number of nitrogens with two attached hydrogens (primary N) is 1. The Kier molecular flexibility index (Phi) is 3.78. The second-order valence-corrected chi connectivity index (χ2v) is 5.23. The van der Waals surface area contributed by atoms with Gasteiger partial charge in [-0.15, -0.1) is 11.3 Å². The minimum Gasteiger partial charge on any atom is -0.383 e. The molecule has 0 saturated heterocycles. The molecule has 90 valence electrons. The van der Waals surface area contributed by atoms with E-state index in [2.05, 4.69) is 16.9 Å². The zero-order valence-electron chi connectivity index (χ0n) is 9.90. The first kappa shape index (κ1) is 11.8. The van der Waals surface area contributed by atoms with Gasteiger partial charge >= 0.3 is 0 Å². The molecule has 0 fully saturated rings. The summed E-state index contributed by atoms with van der Waals surface area (Å²) in [5, 5.41) is 1.07. The van der Waals surface area contributed by atoms with Gasteiger partial charge in [-0.3, -0.25) is 0 Å². The molecule has 0 spiro atoms. The molecule has 0 aliphatic heterocycles. The molecule has 0 amide bonds. The van der Waals surface area contributed by atoms with E-state index >= 15 is 0 Å². The fraction of sp³-hybridized carbons (Fsp3) is 0.727. The second kappa shape index (κ2) is 5.12. The molecular formula is C11H19N3OS. The summed E-state index contributed by atoms with van der Waals surface area (Å²) in [6, 6.07) is 0.200.